The number of hydrogen-bond acceptors (Lipinski definition) is 4. The highest BCUT2D eigenvalue weighted by molar-refractivity contribution is 7.89. The van der Waals surface area contributed by atoms with Crippen molar-refractivity contribution >= 4 is 27.5 Å². The second kappa shape index (κ2) is 9.62. The van der Waals surface area contributed by atoms with E-state index in [4.69, 9.17) is 0 Å². The van der Waals surface area contributed by atoms with Crippen molar-refractivity contribution in [3.8, 4) is 0 Å². The van der Waals surface area contributed by atoms with Gasteiger partial charge in [-0.25, -0.2) is 8.42 Å². The third-order valence-electron chi connectivity index (χ3n) is 5.43. The molecule has 0 aromatic heterocycles. The van der Waals surface area contributed by atoms with Crippen LogP contribution in [0.5, 0.6) is 0 Å². The van der Waals surface area contributed by atoms with E-state index in [1.165, 1.54) is 4.31 Å². The minimum absolute atomic E-state index is 0.0253. The quantitative estimate of drug-likeness (QED) is 0.619. The molecule has 7 nitrogen and oxygen atoms in total. The lowest BCUT2D eigenvalue weighted by Gasteiger charge is -2.19. The first-order valence-electron chi connectivity index (χ1n) is 10.6. The van der Waals surface area contributed by atoms with E-state index >= 15 is 0 Å². The number of amides is 2. The summed E-state index contributed by atoms with van der Waals surface area (Å²) in [6.45, 7) is 6.28. The molecule has 1 aliphatic carbocycles. The number of benzene rings is 2. The molecule has 2 amide bonds. The van der Waals surface area contributed by atoms with Crippen LogP contribution in [0.3, 0.4) is 0 Å². The van der Waals surface area contributed by atoms with Crippen LogP contribution in [0, 0.1) is 5.92 Å². The van der Waals surface area contributed by atoms with Gasteiger partial charge in [-0.1, -0.05) is 26.0 Å². The molecule has 3 rings (SSSR count). The summed E-state index contributed by atoms with van der Waals surface area (Å²) < 4.78 is 26.6. The van der Waals surface area contributed by atoms with Crippen LogP contribution in [0.25, 0.3) is 0 Å². The van der Waals surface area contributed by atoms with Crippen molar-refractivity contribution in [2.24, 2.45) is 5.92 Å². The summed E-state index contributed by atoms with van der Waals surface area (Å²) in [5.41, 5.74) is 1.96. The van der Waals surface area contributed by atoms with Crippen LogP contribution in [0.2, 0.25) is 0 Å². The topological polar surface area (TPSA) is 95.6 Å². The fourth-order valence-corrected chi connectivity index (χ4v) is 4.76. The average molecular weight is 444 g/mol. The van der Waals surface area contributed by atoms with Gasteiger partial charge in [0.05, 0.1) is 10.9 Å². The minimum Gasteiger partial charge on any atom is -0.346 e. The van der Waals surface area contributed by atoms with Gasteiger partial charge >= 0.3 is 0 Å². The summed E-state index contributed by atoms with van der Waals surface area (Å²) in [6, 6.07) is 13.1. The van der Waals surface area contributed by atoms with Crippen LogP contribution in [0.1, 0.15) is 55.6 Å². The zero-order valence-corrected chi connectivity index (χ0v) is 18.9. The van der Waals surface area contributed by atoms with E-state index in [0.29, 0.717) is 24.3 Å². The lowest BCUT2D eigenvalue weighted by atomic mass is 10.1. The Morgan fingerprint density at radius 3 is 2.10 bits per heavy atom. The van der Waals surface area contributed by atoms with Gasteiger partial charge in [-0.2, -0.15) is 4.31 Å². The van der Waals surface area contributed by atoms with Crippen molar-refractivity contribution in [1.82, 2.24) is 9.62 Å². The van der Waals surface area contributed by atoms with Gasteiger partial charge in [-0.05, 0) is 61.7 Å². The molecule has 0 heterocycles. The summed E-state index contributed by atoms with van der Waals surface area (Å²) in [7, 11) is -3.51. The smallest absolute Gasteiger partial charge is 0.251 e. The number of nitrogens with zero attached hydrogens (tertiary/aromatic N) is 1. The Bertz CT molecular complexity index is 1030. The van der Waals surface area contributed by atoms with Crippen LogP contribution in [-0.2, 0) is 14.8 Å². The Morgan fingerprint density at radius 1 is 1.00 bits per heavy atom. The Balaban J connectivity index is 1.62. The minimum atomic E-state index is -3.51. The lowest BCUT2D eigenvalue weighted by Crippen LogP contribution is -2.30. The van der Waals surface area contributed by atoms with Crippen LogP contribution in [0.4, 0.5) is 5.69 Å². The molecule has 1 aliphatic rings. The van der Waals surface area contributed by atoms with E-state index in [9.17, 15) is 18.0 Å². The highest BCUT2D eigenvalue weighted by Gasteiger charge is 2.29. The maximum Gasteiger partial charge on any atom is 0.251 e. The first kappa shape index (κ1) is 23.0. The first-order valence-corrected chi connectivity index (χ1v) is 12.0. The molecule has 2 N–H and O–H groups in total. The number of sulfonamides is 1. The molecule has 166 valence electrons. The molecule has 8 heteroatoms. The largest absolute Gasteiger partial charge is 0.346 e. The van der Waals surface area contributed by atoms with Crippen molar-refractivity contribution in [2.75, 3.05) is 18.4 Å². The molecule has 1 unspecified atom stereocenters. The molecule has 2 aromatic rings. The van der Waals surface area contributed by atoms with Gasteiger partial charge in [0.2, 0.25) is 15.9 Å². The van der Waals surface area contributed by atoms with Crippen molar-refractivity contribution in [3.63, 3.8) is 0 Å². The van der Waals surface area contributed by atoms with Gasteiger partial charge < -0.3 is 10.6 Å². The molecular formula is C23H29N3O4S. The number of carbonyl (C=O) groups is 2. The van der Waals surface area contributed by atoms with E-state index < -0.39 is 10.0 Å². The summed E-state index contributed by atoms with van der Waals surface area (Å²) >= 11 is 0. The third kappa shape index (κ3) is 5.51. The molecule has 0 spiro atoms. The number of nitrogens with one attached hydrogen (secondary N) is 2. The van der Waals surface area contributed by atoms with Crippen LogP contribution < -0.4 is 10.6 Å². The summed E-state index contributed by atoms with van der Waals surface area (Å²) in [5, 5.41) is 5.77. The molecular weight excluding hydrogens is 414 g/mol. The average Bonchev–Trinajstić information content (AvgIpc) is 3.60. The molecule has 0 radical (unpaired) electrons. The lowest BCUT2D eigenvalue weighted by molar-refractivity contribution is -0.117. The Kier molecular flexibility index (Phi) is 7.12. The molecule has 0 aliphatic heterocycles. The van der Waals surface area contributed by atoms with Crippen LogP contribution >= 0.6 is 0 Å². The second-order valence-electron chi connectivity index (χ2n) is 7.69. The monoisotopic (exact) mass is 443 g/mol. The van der Waals surface area contributed by atoms with E-state index in [1.807, 2.05) is 6.92 Å². The number of rotatable bonds is 9. The van der Waals surface area contributed by atoms with Crippen LogP contribution in [-0.4, -0.2) is 37.6 Å². The third-order valence-corrected chi connectivity index (χ3v) is 7.50. The van der Waals surface area contributed by atoms with E-state index in [1.54, 1.807) is 62.4 Å². The molecule has 31 heavy (non-hydrogen) atoms. The highest BCUT2D eigenvalue weighted by Crippen LogP contribution is 2.30. The standard InChI is InChI=1S/C23H29N3O4S/c1-4-26(5-2)31(29,30)21-14-10-17(11-15-21)16(3)24-22(27)19-8-12-20(13-9-19)25-23(28)18-6-7-18/h8-16,18H,4-7H2,1-3H3,(H,24,27)(H,25,28). The maximum atomic E-state index is 12.6. The SMILES string of the molecule is CCN(CC)S(=O)(=O)c1ccc(C(C)NC(=O)c2ccc(NC(=O)C3CC3)cc2)cc1. The van der Waals surface area contributed by atoms with Crippen molar-refractivity contribution < 1.29 is 18.0 Å². The summed E-state index contributed by atoms with van der Waals surface area (Å²) in [5.74, 6) is -0.0955. The van der Waals surface area contributed by atoms with E-state index in [0.717, 1.165) is 18.4 Å². The maximum absolute atomic E-state index is 12.6. The van der Waals surface area contributed by atoms with Crippen molar-refractivity contribution in [3.05, 3.63) is 59.7 Å². The summed E-state index contributed by atoms with van der Waals surface area (Å²) in [4.78, 5) is 24.6. The van der Waals surface area contributed by atoms with Gasteiger partial charge in [0.15, 0.2) is 0 Å². The fraction of sp³-hybridized carbons (Fsp3) is 0.391. The Labute approximate surface area is 183 Å². The van der Waals surface area contributed by atoms with Crippen molar-refractivity contribution in [1.29, 1.82) is 0 Å². The number of hydrogen-bond donors (Lipinski definition) is 2. The fourth-order valence-electron chi connectivity index (χ4n) is 3.30. The summed E-state index contributed by atoms with van der Waals surface area (Å²) in [6.07, 6.45) is 1.87. The first-order chi connectivity index (χ1) is 14.8. The Hall–Kier alpha value is -2.71. The molecule has 0 saturated heterocycles. The molecule has 1 fully saturated rings. The van der Waals surface area contributed by atoms with Gasteiger partial charge in [0.25, 0.3) is 5.91 Å². The molecule has 1 saturated carbocycles. The second-order valence-corrected chi connectivity index (χ2v) is 9.63. The van der Waals surface area contributed by atoms with Gasteiger partial charge in [-0.15, -0.1) is 0 Å². The zero-order valence-electron chi connectivity index (χ0n) is 18.1. The molecule has 2 aromatic carbocycles. The molecule has 0 bridgehead atoms. The predicted molar refractivity (Wildman–Crippen MR) is 120 cm³/mol. The van der Waals surface area contributed by atoms with Gasteiger partial charge in [-0.3, -0.25) is 9.59 Å². The van der Waals surface area contributed by atoms with E-state index in [-0.39, 0.29) is 28.7 Å². The highest BCUT2D eigenvalue weighted by atomic mass is 32.2. The van der Waals surface area contributed by atoms with Gasteiger partial charge in [0.1, 0.15) is 0 Å². The van der Waals surface area contributed by atoms with Crippen molar-refractivity contribution in [2.45, 2.75) is 44.6 Å². The molecule has 1 atom stereocenters. The van der Waals surface area contributed by atoms with E-state index in [2.05, 4.69) is 10.6 Å². The Morgan fingerprint density at radius 2 is 1.58 bits per heavy atom. The van der Waals surface area contributed by atoms with Gasteiger partial charge in [0, 0.05) is 30.3 Å². The number of anilines is 1. The van der Waals surface area contributed by atoms with Crippen LogP contribution in [0.15, 0.2) is 53.4 Å². The normalized spacial score (nSPS) is 14.8. The number of carbonyl (C=O) groups excluding carboxylic acids is 2. The predicted octanol–water partition coefficient (Wildman–Crippen LogP) is 3.56. The zero-order chi connectivity index (χ0) is 22.6.